The molecule has 2 rings (SSSR count). The quantitative estimate of drug-likeness (QED) is 0.748. The first kappa shape index (κ1) is 17.6. The Morgan fingerprint density at radius 2 is 2.04 bits per heavy atom. The molecule has 0 aliphatic carbocycles. The van der Waals surface area contributed by atoms with Crippen molar-refractivity contribution in [3.8, 4) is 5.75 Å². The topological polar surface area (TPSA) is 50.8 Å². The predicted molar refractivity (Wildman–Crippen MR) is 91.9 cm³/mol. The second-order valence-corrected chi connectivity index (χ2v) is 5.98. The van der Waals surface area contributed by atoms with E-state index in [4.69, 9.17) is 9.47 Å². The van der Waals surface area contributed by atoms with E-state index >= 15 is 0 Å². The maximum atomic E-state index is 12.2. The first-order chi connectivity index (χ1) is 11.2. The minimum absolute atomic E-state index is 0.279. The normalized spacial score (nSPS) is 15.5. The van der Waals surface area contributed by atoms with Crippen molar-refractivity contribution >= 4 is 11.6 Å². The number of nitrogens with one attached hydrogen (secondary N) is 1. The molecule has 1 N–H and O–H groups in total. The van der Waals surface area contributed by atoms with E-state index in [1.807, 2.05) is 23.1 Å². The number of piperidine rings is 1. The van der Waals surface area contributed by atoms with E-state index in [0.717, 1.165) is 56.8 Å². The smallest absolute Gasteiger partial charge is 0.222 e. The Kier molecular flexibility index (Phi) is 7.20. The average molecular weight is 320 g/mol. The number of carbonyl (C=O) groups is 1. The molecule has 0 unspecified atom stereocenters. The lowest BCUT2D eigenvalue weighted by molar-refractivity contribution is -0.132. The molecule has 0 aromatic heterocycles. The highest BCUT2D eigenvalue weighted by Gasteiger charge is 2.22. The van der Waals surface area contributed by atoms with Gasteiger partial charge in [-0.1, -0.05) is 6.07 Å². The molecule has 0 spiro atoms. The van der Waals surface area contributed by atoms with Crippen LogP contribution < -0.4 is 10.1 Å². The lowest BCUT2D eigenvalue weighted by atomic mass is 10.0. The Balaban J connectivity index is 1.71. The predicted octanol–water partition coefficient (Wildman–Crippen LogP) is 2.91. The molecule has 5 nitrogen and oxygen atoms in total. The van der Waals surface area contributed by atoms with Crippen molar-refractivity contribution < 1.29 is 14.3 Å². The fourth-order valence-corrected chi connectivity index (χ4v) is 2.90. The van der Waals surface area contributed by atoms with Gasteiger partial charge >= 0.3 is 0 Å². The summed E-state index contributed by atoms with van der Waals surface area (Å²) in [6.45, 7) is 2.41. The Morgan fingerprint density at radius 3 is 2.74 bits per heavy atom. The van der Waals surface area contributed by atoms with Gasteiger partial charge in [0.1, 0.15) is 5.75 Å². The molecule has 1 heterocycles. The van der Waals surface area contributed by atoms with Gasteiger partial charge in [-0.15, -0.1) is 0 Å². The molecule has 0 bridgehead atoms. The molecule has 0 saturated carbocycles. The van der Waals surface area contributed by atoms with Crippen LogP contribution in [0.3, 0.4) is 0 Å². The standard InChI is InChI=1S/C18H28N2O3/c1-22-13-4-3-8-18(21)20-11-9-15(10-12-20)19-16-6-5-7-17(14-16)23-2/h5-7,14-15,19H,3-4,8-13H2,1-2H3. The van der Waals surface area contributed by atoms with Gasteiger partial charge in [-0.05, 0) is 37.8 Å². The van der Waals surface area contributed by atoms with Crippen molar-refractivity contribution in [1.82, 2.24) is 4.90 Å². The summed E-state index contributed by atoms with van der Waals surface area (Å²) in [6, 6.07) is 8.40. The molecule has 5 heteroatoms. The molecule has 1 aromatic rings. The number of hydrogen-bond donors (Lipinski definition) is 1. The lowest BCUT2D eigenvalue weighted by Crippen LogP contribution is -2.42. The largest absolute Gasteiger partial charge is 0.497 e. The van der Waals surface area contributed by atoms with Crippen LogP contribution in [-0.2, 0) is 9.53 Å². The maximum absolute atomic E-state index is 12.2. The van der Waals surface area contributed by atoms with Crippen molar-refractivity contribution in [3.63, 3.8) is 0 Å². The van der Waals surface area contributed by atoms with Crippen molar-refractivity contribution in [2.75, 3.05) is 39.2 Å². The van der Waals surface area contributed by atoms with Gasteiger partial charge in [-0.3, -0.25) is 4.79 Å². The van der Waals surface area contributed by atoms with Crippen LogP contribution in [0.5, 0.6) is 5.75 Å². The third-order valence-electron chi connectivity index (χ3n) is 4.28. The molecule has 1 saturated heterocycles. The number of ether oxygens (including phenoxy) is 2. The molecular formula is C18H28N2O3. The highest BCUT2D eigenvalue weighted by molar-refractivity contribution is 5.76. The summed E-state index contributed by atoms with van der Waals surface area (Å²) in [6.07, 6.45) is 4.48. The highest BCUT2D eigenvalue weighted by atomic mass is 16.5. The summed E-state index contributed by atoms with van der Waals surface area (Å²) in [5.41, 5.74) is 1.08. The number of hydrogen-bond acceptors (Lipinski definition) is 4. The van der Waals surface area contributed by atoms with E-state index in [0.29, 0.717) is 12.5 Å². The Morgan fingerprint density at radius 1 is 1.26 bits per heavy atom. The number of unbranched alkanes of at least 4 members (excludes halogenated alkanes) is 1. The fourth-order valence-electron chi connectivity index (χ4n) is 2.90. The number of amides is 1. The van der Waals surface area contributed by atoms with Crippen LogP contribution in [0.15, 0.2) is 24.3 Å². The zero-order chi connectivity index (χ0) is 16.5. The zero-order valence-corrected chi connectivity index (χ0v) is 14.2. The van der Waals surface area contributed by atoms with Crippen LogP contribution in [0.2, 0.25) is 0 Å². The zero-order valence-electron chi connectivity index (χ0n) is 14.2. The van der Waals surface area contributed by atoms with Crippen molar-refractivity contribution in [1.29, 1.82) is 0 Å². The highest BCUT2D eigenvalue weighted by Crippen LogP contribution is 2.21. The van der Waals surface area contributed by atoms with Gasteiger partial charge in [0.2, 0.25) is 5.91 Å². The second kappa shape index (κ2) is 9.40. The molecule has 128 valence electrons. The van der Waals surface area contributed by atoms with E-state index in [9.17, 15) is 4.79 Å². The van der Waals surface area contributed by atoms with Crippen LogP contribution in [0.1, 0.15) is 32.1 Å². The number of methoxy groups -OCH3 is 2. The monoisotopic (exact) mass is 320 g/mol. The van der Waals surface area contributed by atoms with Crippen LogP contribution in [0.25, 0.3) is 0 Å². The first-order valence-corrected chi connectivity index (χ1v) is 8.40. The summed E-state index contributed by atoms with van der Waals surface area (Å²) in [5, 5.41) is 3.54. The third kappa shape index (κ3) is 5.75. The number of carbonyl (C=O) groups excluding carboxylic acids is 1. The van der Waals surface area contributed by atoms with Crippen LogP contribution in [-0.4, -0.2) is 50.8 Å². The molecule has 23 heavy (non-hydrogen) atoms. The Hall–Kier alpha value is -1.75. The van der Waals surface area contributed by atoms with Gasteiger partial charge in [0, 0.05) is 51.0 Å². The molecular weight excluding hydrogens is 292 g/mol. The van der Waals surface area contributed by atoms with Gasteiger partial charge in [0.15, 0.2) is 0 Å². The van der Waals surface area contributed by atoms with Crippen molar-refractivity contribution in [3.05, 3.63) is 24.3 Å². The number of likely N-dealkylation sites (tertiary alicyclic amines) is 1. The summed E-state index contributed by atoms with van der Waals surface area (Å²) in [4.78, 5) is 14.2. The number of rotatable bonds is 8. The van der Waals surface area contributed by atoms with Crippen LogP contribution in [0, 0.1) is 0 Å². The van der Waals surface area contributed by atoms with E-state index in [1.165, 1.54) is 0 Å². The number of nitrogens with zero attached hydrogens (tertiary/aromatic N) is 1. The molecule has 0 radical (unpaired) electrons. The van der Waals surface area contributed by atoms with Crippen LogP contribution >= 0.6 is 0 Å². The van der Waals surface area contributed by atoms with Gasteiger partial charge < -0.3 is 19.7 Å². The Labute approximate surface area is 139 Å². The third-order valence-corrected chi connectivity index (χ3v) is 4.28. The molecule has 1 amide bonds. The summed E-state index contributed by atoms with van der Waals surface area (Å²) < 4.78 is 10.3. The summed E-state index contributed by atoms with van der Waals surface area (Å²) >= 11 is 0. The SMILES string of the molecule is COCCCCC(=O)N1CCC(Nc2cccc(OC)c2)CC1. The van der Waals surface area contributed by atoms with Gasteiger partial charge in [0.25, 0.3) is 0 Å². The van der Waals surface area contributed by atoms with E-state index < -0.39 is 0 Å². The minimum Gasteiger partial charge on any atom is -0.497 e. The van der Waals surface area contributed by atoms with Gasteiger partial charge in [-0.25, -0.2) is 0 Å². The van der Waals surface area contributed by atoms with E-state index in [1.54, 1.807) is 14.2 Å². The van der Waals surface area contributed by atoms with E-state index in [-0.39, 0.29) is 5.91 Å². The van der Waals surface area contributed by atoms with Gasteiger partial charge in [0.05, 0.1) is 7.11 Å². The van der Waals surface area contributed by atoms with Crippen LogP contribution in [0.4, 0.5) is 5.69 Å². The first-order valence-electron chi connectivity index (χ1n) is 8.40. The molecule has 1 aromatic carbocycles. The number of benzene rings is 1. The van der Waals surface area contributed by atoms with Crippen molar-refractivity contribution in [2.45, 2.75) is 38.1 Å². The molecule has 1 aliphatic heterocycles. The maximum Gasteiger partial charge on any atom is 0.222 e. The molecule has 1 aliphatic rings. The Bertz CT molecular complexity index is 485. The lowest BCUT2D eigenvalue weighted by Gasteiger charge is -2.33. The molecule has 0 atom stereocenters. The molecule has 1 fully saturated rings. The minimum atomic E-state index is 0.279. The van der Waals surface area contributed by atoms with Gasteiger partial charge in [-0.2, -0.15) is 0 Å². The summed E-state index contributed by atoms with van der Waals surface area (Å²) in [7, 11) is 3.37. The fraction of sp³-hybridized carbons (Fsp3) is 0.611. The van der Waals surface area contributed by atoms with E-state index in [2.05, 4.69) is 11.4 Å². The number of anilines is 1. The second-order valence-electron chi connectivity index (χ2n) is 5.98. The average Bonchev–Trinajstić information content (AvgIpc) is 2.59. The van der Waals surface area contributed by atoms with Crippen molar-refractivity contribution in [2.24, 2.45) is 0 Å². The summed E-state index contributed by atoms with van der Waals surface area (Å²) in [5.74, 6) is 1.14.